The van der Waals surface area contributed by atoms with Crippen LogP contribution >= 0.6 is 11.3 Å². The minimum atomic E-state index is -0.161. The standard InChI is InChI=1S/C25H26N2O3S/c1-3-29-16-15-27-24-21(30-4-2)13-8-14-22(24)31-25(27)26-23(28)17-19-11-7-10-18-9-5-6-12-20(18)19/h5-14H,3-4,15-17H2,1-2H3. The summed E-state index contributed by atoms with van der Waals surface area (Å²) in [6.45, 7) is 6.32. The van der Waals surface area contributed by atoms with Crippen LogP contribution in [0.3, 0.4) is 0 Å². The maximum Gasteiger partial charge on any atom is 0.252 e. The van der Waals surface area contributed by atoms with E-state index in [2.05, 4.69) is 17.1 Å². The van der Waals surface area contributed by atoms with Crippen LogP contribution in [0.1, 0.15) is 19.4 Å². The minimum Gasteiger partial charge on any atom is -0.492 e. The van der Waals surface area contributed by atoms with E-state index in [1.54, 1.807) is 0 Å². The molecule has 0 aliphatic carbocycles. The summed E-state index contributed by atoms with van der Waals surface area (Å²) in [6.07, 6.45) is 0.263. The molecule has 0 atom stereocenters. The van der Waals surface area contributed by atoms with Crippen molar-refractivity contribution in [3.8, 4) is 5.75 Å². The summed E-state index contributed by atoms with van der Waals surface area (Å²) in [5.74, 6) is 0.640. The second-order valence-electron chi connectivity index (χ2n) is 7.09. The van der Waals surface area contributed by atoms with Gasteiger partial charge in [0.1, 0.15) is 11.3 Å². The Morgan fingerprint density at radius 3 is 2.65 bits per heavy atom. The molecule has 31 heavy (non-hydrogen) atoms. The van der Waals surface area contributed by atoms with Gasteiger partial charge in [-0.1, -0.05) is 59.9 Å². The number of fused-ring (bicyclic) bond motifs is 2. The highest BCUT2D eigenvalue weighted by Crippen LogP contribution is 2.27. The summed E-state index contributed by atoms with van der Waals surface area (Å²) < 4.78 is 14.5. The number of amides is 1. The molecular formula is C25H26N2O3S. The quantitative estimate of drug-likeness (QED) is 0.368. The molecule has 1 amide bonds. The van der Waals surface area contributed by atoms with Crippen LogP contribution in [-0.2, 0) is 22.5 Å². The fourth-order valence-electron chi connectivity index (χ4n) is 3.72. The molecule has 0 aliphatic heterocycles. The average molecular weight is 435 g/mol. The zero-order valence-corrected chi connectivity index (χ0v) is 18.7. The van der Waals surface area contributed by atoms with Crippen LogP contribution in [0.5, 0.6) is 5.75 Å². The topological polar surface area (TPSA) is 52.8 Å². The largest absolute Gasteiger partial charge is 0.492 e. The molecule has 0 unspecified atom stereocenters. The van der Waals surface area contributed by atoms with Crippen molar-refractivity contribution in [2.75, 3.05) is 19.8 Å². The van der Waals surface area contributed by atoms with Gasteiger partial charge in [-0.05, 0) is 42.3 Å². The first-order valence-corrected chi connectivity index (χ1v) is 11.4. The lowest BCUT2D eigenvalue weighted by molar-refractivity contribution is -0.117. The first-order valence-electron chi connectivity index (χ1n) is 10.6. The van der Waals surface area contributed by atoms with Crippen molar-refractivity contribution in [1.29, 1.82) is 0 Å². The Hall–Kier alpha value is -2.96. The van der Waals surface area contributed by atoms with Crippen molar-refractivity contribution in [3.05, 3.63) is 71.0 Å². The third-order valence-electron chi connectivity index (χ3n) is 5.07. The molecule has 4 aromatic rings. The Morgan fingerprint density at radius 2 is 1.81 bits per heavy atom. The van der Waals surface area contributed by atoms with E-state index in [4.69, 9.17) is 9.47 Å². The number of carbonyl (C=O) groups is 1. The number of benzene rings is 3. The molecule has 0 saturated heterocycles. The van der Waals surface area contributed by atoms with Crippen LogP contribution in [0.25, 0.3) is 21.0 Å². The van der Waals surface area contributed by atoms with Crippen LogP contribution in [0, 0.1) is 0 Å². The number of para-hydroxylation sites is 1. The zero-order valence-electron chi connectivity index (χ0n) is 17.8. The SMILES string of the molecule is CCOCCn1c(=NC(=O)Cc2cccc3ccccc23)sc2cccc(OCC)c21. The Bertz CT molecular complexity index is 1270. The normalized spacial score (nSPS) is 12.0. The maximum absolute atomic E-state index is 13.0. The van der Waals surface area contributed by atoms with Crippen molar-refractivity contribution in [2.45, 2.75) is 26.8 Å². The summed E-state index contributed by atoms with van der Waals surface area (Å²) in [6, 6.07) is 20.1. The van der Waals surface area contributed by atoms with Gasteiger partial charge in [-0.25, -0.2) is 0 Å². The number of thiazole rings is 1. The number of hydrogen-bond acceptors (Lipinski definition) is 4. The number of nitrogens with zero attached hydrogens (tertiary/aromatic N) is 2. The van der Waals surface area contributed by atoms with Gasteiger partial charge in [0.25, 0.3) is 5.91 Å². The Balaban J connectivity index is 1.74. The molecule has 0 bridgehead atoms. The van der Waals surface area contributed by atoms with Gasteiger partial charge < -0.3 is 14.0 Å². The second-order valence-corrected chi connectivity index (χ2v) is 8.10. The van der Waals surface area contributed by atoms with Gasteiger partial charge in [0, 0.05) is 13.2 Å². The van der Waals surface area contributed by atoms with Crippen LogP contribution in [-0.4, -0.2) is 30.3 Å². The third kappa shape index (κ3) is 4.70. The van der Waals surface area contributed by atoms with Crippen LogP contribution < -0.4 is 9.54 Å². The second kappa shape index (κ2) is 9.90. The summed E-state index contributed by atoms with van der Waals surface area (Å²) >= 11 is 1.50. The minimum absolute atomic E-state index is 0.161. The summed E-state index contributed by atoms with van der Waals surface area (Å²) in [4.78, 5) is 18.1. The summed E-state index contributed by atoms with van der Waals surface area (Å²) in [5, 5.41) is 2.22. The van der Waals surface area contributed by atoms with Crippen molar-refractivity contribution in [3.63, 3.8) is 0 Å². The van der Waals surface area contributed by atoms with Crippen LogP contribution in [0.15, 0.2) is 65.7 Å². The van der Waals surface area contributed by atoms with E-state index in [0.717, 1.165) is 32.3 Å². The average Bonchev–Trinajstić information content (AvgIpc) is 3.12. The predicted molar refractivity (Wildman–Crippen MR) is 126 cm³/mol. The highest BCUT2D eigenvalue weighted by Gasteiger charge is 2.13. The van der Waals surface area contributed by atoms with E-state index in [-0.39, 0.29) is 12.3 Å². The van der Waals surface area contributed by atoms with Gasteiger partial charge >= 0.3 is 0 Å². The van der Waals surface area contributed by atoms with E-state index in [9.17, 15) is 4.79 Å². The maximum atomic E-state index is 13.0. The molecule has 0 radical (unpaired) electrons. The van der Waals surface area contributed by atoms with Gasteiger partial charge in [0.05, 0.1) is 24.3 Å². The van der Waals surface area contributed by atoms with E-state index in [1.807, 2.05) is 66.9 Å². The van der Waals surface area contributed by atoms with E-state index in [1.165, 1.54) is 11.3 Å². The fourth-order valence-corrected chi connectivity index (χ4v) is 4.81. The lowest BCUT2D eigenvalue weighted by Crippen LogP contribution is -2.20. The zero-order chi connectivity index (χ0) is 21.6. The molecule has 4 rings (SSSR count). The van der Waals surface area contributed by atoms with Gasteiger partial charge in [-0.15, -0.1) is 0 Å². The molecule has 0 spiro atoms. The first kappa shape index (κ1) is 21.3. The summed E-state index contributed by atoms with van der Waals surface area (Å²) in [7, 11) is 0. The Labute approximate surface area is 185 Å². The van der Waals surface area contributed by atoms with Gasteiger partial charge in [0.2, 0.25) is 0 Å². The van der Waals surface area contributed by atoms with Crippen molar-refractivity contribution >= 4 is 38.2 Å². The molecule has 5 nitrogen and oxygen atoms in total. The van der Waals surface area contributed by atoms with Crippen molar-refractivity contribution in [1.82, 2.24) is 4.57 Å². The molecule has 0 aliphatic rings. The molecule has 0 saturated carbocycles. The number of aromatic nitrogens is 1. The van der Waals surface area contributed by atoms with E-state index >= 15 is 0 Å². The van der Waals surface area contributed by atoms with Gasteiger partial charge in [0.15, 0.2) is 4.80 Å². The molecule has 1 heterocycles. The van der Waals surface area contributed by atoms with Crippen molar-refractivity contribution in [2.24, 2.45) is 4.99 Å². The molecule has 6 heteroatoms. The van der Waals surface area contributed by atoms with Gasteiger partial charge in [-0.3, -0.25) is 4.79 Å². The number of rotatable bonds is 8. The Morgan fingerprint density at radius 1 is 1.00 bits per heavy atom. The smallest absolute Gasteiger partial charge is 0.252 e. The van der Waals surface area contributed by atoms with E-state index in [0.29, 0.717) is 31.2 Å². The number of carbonyl (C=O) groups excluding carboxylic acids is 1. The molecule has 160 valence electrons. The Kier molecular flexibility index (Phi) is 6.79. The van der Waals surface area contributed by atoms with E-state index < -0.39 is 0 Å². The lowest BCUT2D eigenvalue weighted by atomic mass is 10.0. The molecule has 1 aromatic heterocycles. The molecule has 0 N–H and O–H groups in total. The molecule has 3 aromatic carbocycles. The first-order chi connectivity index (χ1) is 15.2. The molecular weight excluding hydrogens is 408 g/mol. The highest BCUT2D eigenvalue weighted by molar-refractivity contribution is 7.16. The van der Waals surface area contributed by atoms with Crippen molar-refractivity contribution < 1.29 is 14.3 Å². The van der Waals surface area contributed by atoms with Crippen LogP contribution in [0.2, 0.25) is 0 Å². The number of hydrogen-bond donors (Lipinski definition) is 0. The summed E-state index contributed by atoms with van der Waals surface area (Å²) in [5.41, 5.74) is 1.95. The lowest BCUT2D eigenvalue weighted by Gasteiger charge is -2.10. The third-order valence-corrected chi connectivity index (χ3v) is 6.11. The van der Waals surface area contributed by atoms with Gasteiger partial charge in [-0.2, -0.15) is 4.99 Å². The van der Waals surface area contributed by atoms with Crippen LogP contribution in [0.4, 0.5) is 0 Å². The monoisotopic (exact) mass is 434 g/mol. The predicted octanol–water partition coefficient (Wildman–Crippen LogP) is 4.96. The number of ether oxygens (including phenoxy) is 2. The fraction of sp³-hybridized carbons (Fsp3) is 0.280. The molecule has 0 fully saturated rings. The highest BCUT2D eigenvalue weighted by atomic mass is 32.1.